The molecular formula is C19H24O3. The van der Waals surface area contributed by atoms with Gasteiger partial charge in [0.25, 0.3) is 0 Å². The summed E-state index contributed by atoms with van der Waals surface area (Å²) in [4.78, 5) is 11.5. The van der Waals surface area contributed by atoms with Gasteiger partial charge < -0.3 is 9.84 Å². The number of carbonyl (C=O) groups excluding carboxylic acids is 1. The Morgan fingerprint density at radius 3 is 2.68 bits per heavy atom. The molecule has 1 aromatic carbocycles. The molecule has 2 aliphatic carbocycles. The number of rotatable bonds is 3. The molecule has 0 spiro atoms. The summed E-state index contributed by atoms with van der Waals surface area (Å²) in [5.74, 6) is 0.631. The fourth-order valence-electron chi connectivity index (χ4n) is 4.30. The van der Waals surface area contributed by atoms with Crippen molar-refractivity contribution in [1.29, 1.82) is 0 Å². The minimum Gasteiger partial charge on any atom is -0.465 e. The van der Waals surface area contributed by atoms with Crippen LogP contribution in [-0.4, -0.2) is 18.2 Å². The highest BCUT2D eigenvalue weighted by Crippen LogP contribution is 2.56. The molecule has 0 radical (unpaired) electrons. The molecule has 0 heterocycles. The van der Waals surface area contributed by atoms with Gasteiger partial charge in [0.15, 0.2) is 0 Å². The second-order valence-corrected chi connectivity index (χ2v) is 6.78. The fraction of sp³-hybridized carbons (Fsp3) is 0.526. The van der Waals surface area contributed by atoms with Crippen LogP contribution in [0.4, 0.5) is 0 Å². The van der Waals surface area contributed by atoms with Crippen LogP contribution in [0, 0.1) is 17.3 Å². The van der Waals surface area contributed by atoms with Gasteiger partial charge in [-0.25, -0.2) is 4.79 Å². The van der Waals surface area contributed by atoms with Crippen LogP contribution >= 0.6 is 0 Å². The number of aliphatic hydroxyl groups is 1. The molecule has 118 valence electrons. The number of aliphatic hydroxyl groups excluding tert-OH is 1. The van der Waals surface area contributed by atoms with Crippen LogP contribution in [0.3, 0.4) is 0 Å². The van der Waals surface area contributed by atoms with Crippen LogP contribution in [0.2, 0.25) is 0 Å². The average Bonchev–Trinajstić information content (AvgIpc) is 2.53. The summed E-state index contributed by atoms with van der Waals surface area (Å²) in [6.45, 7) is 2.23. The lowest BCUT2D eigenvalue weighted by atomic mass is 9.54. The lowest BCUT2D eigenvalue weighted by molar-refractivity contribution is -0.0675. The topological polar surface area (TPSA) is 46.5 Å². The molecule has 1 N–H and O–H groups in total. The van der Waals surface area contributed by atoms with E-state index >= 15 is 0 Å². The first-order valence-electron chi connectivity index (χ1n) is 8.10. The second-order valence-electron chi connectivity index (χ2n) is 6.78. The van der Waals surface area contributed by atoms with E-state index < -0.39 is 6.10 Å². The summed E-state index contributed by atoms with van der Waals surface area (Å²) < 4.78 is 4.72. The van der Waals surface area contributed by atoms with E-state index in [4.69, 9.17) is 4.74 Å². The number of hydrogen-bond acceptors (Lipinski definition) is 3. The number of benzene rings is 1. The molecule has 2 bridgehead atoms. The molecule has 3 rings (SSSR count). The minimum absolute atomic E-state index is 0.111. The average molecular weight is 300 g/mol. The van der Waals surface area contributed by atoms with E-state index in [1.165, 1.54) is 20.0 Å². The molecule has 0 saturated heterocycles. The van der Waals surface area contributed by atoms with Crippen LogP contribution in [0.1, 0.15) is 54.6 Å². The summed E-state index contributed by atoms with van der Waals surface area (Å²) in [5, 5.41) is 11.0. The van der Waals surface area contributed by atoms with Gasteiger partial charge in [-0.05, 0) is 48.8 Å². The molecule has 1 aromatic rings. The molecule has 0 amide bonds. The molecule has 22 heavy (non-hydrogen) atoms. The van der Waals surface area contributed by atoms with E-state index in [0.29, 0.717) is 17.4 Å². The maximum absolute atomic E-state index is 11.5. The van der Waals surface area contributed by atoms with Crippen LogP contribution in [0.5, 0.6) is 0 Å². The van der Waals surface area contributed by atoms with Gasteiger partial charge in [0.2, 0.25) is 0 Å². The SMILES string of the molecule is COC(=O)c1ccc([C@@H](O)[C@@]2(C)[C@H]3CC=C[C@@H]2CCC3)cc1. The van der Waals surface area contributed by atoms with E-state index in [-0.39, 0.29) is 11.4 Å². The van der Waals surface area contributed by atoms with Crippen molar-refractivity contribution < 1.29 is 14.6 Å². The van der Waals surface area contributed by atoms with E-state index in [9.17, 15) is 9.90 Å². The summed E-state index contributed by atoms with van der Waals surface area (Å²) in [6.07, 6.45) is 8.73. The highest BCUT2D eigenvalue weighted by Gasteiger charge is 2.49. The predicted molar refractivity (Wildman–Crippen MR) is 85.4 cm³/mol. The number of fused-ring (bicyclic) bond motifs is 2. The van der Waals surface area contributed by atoms with Gasteiger partial charge in [-0.15, -0.1) is 0 Å². The van der Waals surface area contributed by atoms with E-state index in [1.807, 2.05) is 12.1 Å². The summed E-state index contributed by atoms with van der Waals surface area (Å²) in [5.41, 5.74) is 1.30. The summed E-state index contributed by atoms with van der Waals surface area (Å²) in [6, 6.07) is 7.19. The molecule has 1 saturated carbocycles. The molecule has 2 aliphatic rings. The highest BCUT2D eigenvalue weighted by atomic mass is 16.5. The lowest BCUT2D eigenvalue weighted by Gasteiger charge is -2.51. The van der Waals surface area contributed by atoms with E-state index in [1.54, 1.807) is 12.1 Å². The lowest BCUT2D eigenvalue weighted by Crippen LogP contribution is -2.44. The van der Waals surface area contributed by atoms with Gasteiger partial charge in [0.1, 0.15) is 0 Å². The minimum atomic E-state index is -0.501. The predicted octanol–water partition coefficient (Wildman–Crippen LogP) is 3.89. The standard InChI is InChI=1S/C19H24O3/c1-19(15-5-3-6-16(19)8-4-7-15)17(20)13-9-11-14(12-10-13)18(21)22-2/h3,5,9-12,15-17,20H,4,6-8H2,1-2H3/t15-,16+,17-,19-/m1/s1. The Morgan fingerprint density at radius 2 is 2.05 bits per heavy atom. The Morgan fingerprint density at radius 1 is 1.32 bits per heavy atom. The third-order valence-corrected chi connectivity index (χ3v) is 5.77. The number of esters is 1. The van der Waals surface area contributed by atoms with Crippen molar-refractivity contribution in [2.45, 2.75) is 38.7 Å². The molecule has 3 nitrogen and oxygen atoms in total. The first-order chi connectivity index (χ1) is 10.6. The molecular weight excluding hydrogens is 276 g/mol. The molecule has 3 heteroatoms. The maximum Gasteiger partial charge on any atom is 0.337 e. The van der Waals surface area contributed by atoms with Crippen molar-refractivity contribution in [2.75, 3.05) is 7.11 Å². The normalized spacial score (nSPS) is 31.6. The van der Waals surface area contributed by atoms with Crippen molar-refractivity contribution in [3.63, 3.8) is 0 Å². The number of methoxy groups -OCH3 is 1. The van der Waals surface area contributed by atoms with Crippen molar-refractivity contribution in [3.05, 3.63) is 47.5 Å². The summed E-state index contributed by atoms with van der Waals surface area (Å²) >= 11 is 0. The molecule has 0 unspecified atom stereocenters. The molecule has 1 fully saturated rings. The summed E-state index contributed by atoms with van der Waals surface area (Å²) in [7, 11) is 1.38. The molecule has 0 aromatic heterocycles. The molecule has 0 aliphatic heterocycles. The third-order valence-electron chi connectivity index (χ3n) is 5.77. The Kier molecular flexibility index (Phi) is 4.09. The first-order valence-corrected chi connectivity index (χ1v) is 8.10. The van der Waals surface area contributed by atoms with Gasteiger partial charge in [-0.3, -0.25) is 0 Å². The fourth-order valence-corrected chi connectivity index (χ4v) is 4.30. The first kappa shape index (κ1) is 15.3. The zero-order valence-electron chi connectivity index (χ0n) is 13.3. The highest BCUT2D eigenvalue weighted by molar-refractivity contribution is 5.89. The Labute approximate surface area is 132 Å². The van der Waals surface area contributed by atoms with Gasteiger partial charge >= 0.3 is 5.97 Å². The largest absolute Gasteiger partial charge is 0.465 e. The monoisotopic (exact) mass is 300 g/mol. The zero-order valence-corrected chi connectivity index (χ0v) is 13.3. The van der Waals surface area contributed by atoms with E-state index in [0.717, 1.165) is 18.4 Å². The number of hydrogen-bond donors (Lipinski definition) is 1. The Hall–Kier alpha value is -1.61. The molecule has 4 atom stereocenters. The second kappa shape index (κ2) is 5.88. The third kappa shape index (κ3) is 2.38. The van der Waals surface area contributed by atoms with Gasteiger partial charge in [-0.2, -0.15) is 0 Å². The van der Waals surface area contributed by atoms with Crippen molar-refractivity contribution in [3.8, 4) is 0 Å². The number of allylic oxidation sites excluding steroid dienone is 2. The Balaban J connectivity index is 1.88. The number of carbonyl (C=O) groups is 1. The van der Waals surface area contributed by atoms with Crippen LogP contribution in [0.15, 0.2) is 36.4 Å². The van der Waals surface area contributed by atoms with E-state index in [2.05, 4.69) is 19.1 Å². The zero-order chi connectivity index (χ0) is 15.7. The smallest absolute Gasteiger partial charge is 0.337 e. The van der Waals surface area contributed by atoms with Gasteiger partial charge in [-0.1, -0.05) is 37.6 Å². The maximum atomic E-state index is 11.5. The van der Waals surface area contributed by atoms with Crippen LogP contribution < -0.4 is 0 Å². The van der Waals surface area contributed by atoms with Gasteiger partial charge in [0.05, 0.1) is 18.8 Å². The Bertz CT molecular complexity index is 575. The number of ether oxygens (including phenoxy) is 1. The van der Waals surface area contributed by atoms with Crippen molar-refractivity contribution in [1.82, 2.24) is 0 Å². The van der Waals surface area contributed by atoms with Crippen LogP contribution in [-0.2, 0) is 4.74 Å². The quantitative estimate of drug-likeness (QED) is 0.680. The van der Waals surface area contributed by atoms with Crippen molar-refractivity contribution in [2.24, 2.45) is 17.3 Å². The van der Waals surface area contributed by atoms with Crippen molar-refractivity contribution >= 4 is 5.97 Å². The van der Waals surface area contributed by atoms with Gasteiger partial charge in [0, 0.05) is 5.41 Å². The van der Waals surface area contributed by atoms with Crippen LogP contribution in [0.25, 0.3) is 0 Å².